The first kappa shape index (κ1) is 14.1. The van der Waals surface area contributed by atoms with Crippen molar-refractivity contribution in [2.24, 2.45) is 0 Å². The summed E-state index contributed by atoms with van der Waals surface area (Å²) in [6, 6.07) is 6.44. The zero-order chi connectivity index (χ0) is 13.5. The smallest absolute Gasteiger partial charge is 0.255 e. The maximum Gasteiger partial charge on any atom is 0.255 e. The molecule has 0 unspecified atom stereocenters. The maximum absolute atomic E-state index is 12.2. The zero-order valence-corrected chi connectivity index (χ0v) is 9.86. The number of rotatable bonds is 3. The Bertz CT molecular complexity index is 477. The van der Waals surface area contributed by atoms with Gasteiger partial charge in [-0.1, -0.05) is 24.0 Å². The van der Waals surface area contributed by atoms with Crippen molar-refractivity contribution in [3.8, 4) is 11.8 Å². The van der Waals surface area contributed by atoms with Gasteiger partial charge in [0.15, 0.2) is 0 Å². The molecule has 96 valence electrons. The summed E-state index contributed by atoms with van der Waals surface area (Å²) in [5, 5.41) is 8.62. The molecule has 0 aliphatic rings. The van der Waals surface area contributed by atoms with E-state index in [1.54, 1.807) is 18.2 Å². The van der Waals surface area contributed by atoms with Crippen molar-refractivity contribution in [2.45, 2.75) is 6.43 Å². The topological polar surface area (TPSA) is 40.5 Å². The lowest BCUT2D eigenvalue weighted by atomic mass is 10.1. The molecule has 0 aliphatic heterocycles. The lowest BCUT2D eigenvalue weighted by Crippen LogP contribution is -2.31. The summed E-state index contributed by atoms with van der Waals surface area (Å²) >= 11 is 0. The molecule has 0 spiro atoms. The number of hydrogen-bond donors (Lipinski definition) is 1. The van der Waals surface area contributed by atoms with E-state index in [0.29, 0.717) is 5.56 Å². The molecule has 0 heterocycles. The summed E-state index contributed by atoms with van der Waals surface area (Å²) in [6.45, 7) is -0.948. The third-order valence-corrected chi connectivity index (χ3v) is 2.22. The first-order valence-corrected chi connectivity index (χ1v) is 5.28. The van der Waals surface area contributed by atoms with Gasteiger partial charge in [0.2, 0.25) is 0 Å². The number of aliphatic hydroxyl groups excluding tert-OH is 1. The Morgan fingerprint density at radius 1 is 1.44 bits per heavy atom. The number of nitrogens with zero attached hydrogens (tertiary/aromatic N) is 1. The van der Waals surface area contributed by atoms with Crippen molar-refractivity contribution in [3.63, 3.8) is 0 Å². The molecule has 0 fully saturated rings. The molecule has 1 aromatic carbocycles. The minimum absolute atomic E-state index is 0.251. The molecule has 1 rings (SSSR count). The van der Waals surface area contributed by atoms with Gasteiger partial charge >= 0.3 is 0 Å². The fraction of sp³-hybridized carbons (Fsp3) is 0.308. The highest BCUT2D eigenvalue weighted by atomic mass is 19.3. The van der Waals surface area contributed by atoms with Gasteiger partial charge in [-0.2, -0.15) is 0 Å². The maximum atomic E-state index is 12.2. The molecule has 1 N–H and O–H groups in total. The number of amides is 1. The molecule has 0 bridgehead atoms. The minimum atomic E-state index is -2.57. The highest BCUT2D eigenvalue weighted by Crippen LogP contribution is 2.11. The van der Waals surface area contributed by atoms with E-state index in [2.05, 4.69) is 11.8 Å². The molecule has 1 aromatic rings. The average Bonchev–Trinajstić information content (AvgIpc) is 2.35. The molecule has 0 aliphatic carbocycles. The molecule has 5 heteroatoms. The Hall–Kier alpha value is -1.93. The van der Waals surface area contributed by atoms with Crippen LogP contribution >= 0.6 is 0 Å². The summed E-state index contributed by atoms with van der Waals surface area (Å²) in [6.07, 6.45) is -2.57. The van der Waals surface area contributed by atoms with Crippen LogP contribution in [-0.4, -0.2) is 42.5 Å². The van der Waals surface area contributed by atoms with Gasteiger partial charge in [0, 0.05) is 12.6 Å². The van der Waals surface area contributed by atoms with E-state index in [9.17, 15) is 13.6 Å². The monoisotopic (exact) mass is 253 g/mol. The second-order valence-corrected chi connectivity index (χ2v) is 3.58. The van der Waals surface area contributed by atoms with Crippen molar-refractivity contribution in [2.75, 3.05) is 20.2 Å². The largest absolute Gasteiger partial charge is 0.384 e. The number of hydrogen-bond acceptors (Lipinski definition) is 2. The van der Waals surface area contributed by atoms with Crippen molar-refractivity contribution in [1.29, 1.82) is 0 Å². The van der Waals surface area contributed by atoms with Gasteiger partial charge < -0.3 is 10.0 Å². The summed E-state index contributed by atoms with van der Waals surface area (Å²) in [7, 11) is 1.31. The normalized spacial score (nSPS) is 9.83. The van der Waals surface area contributed by atoms with Crippen LogP contribution in [0.1, 0.15) is 15.9 Å². The van der Waals surface area contributed by atoms with E-state index >= 15 is 0 Å². The lowest BCUT2D eigenvalue weighted by Gasteiger charge is -2.17. The van der Waals surface area contributed by atoms with Gasteiger partial charge in [-0.25, -0.2) is 8.78 Å². The number of carbonyl (C=O) groups excluding carboxylic acids is 1. The summed E-state index contributed by atoms with van der Waals surface area (Å²) in [5.74, 6) is 4.53. The van der Waals surface area contributed by atoms with E-state index in [1.807, 2.05) is 0 Å². The van der Waals surface area contributed by atoms with E-state index in [0.717, 1.165) is 4.90 Å². The van der Waals surface area contributed by atoms with Gasteiger partial charge in [-0.15, -0.1) is 0 Å². The van der Waals surface area contributed by atoms with Crippen LogP contribution in [0.2, 0.25) is 0 Å². The van der Waals surface area contributed by atoms with Crippen molar-refractivity contribution in [3.05, 3.63) is 35.4 Å². The van der Waals surface area contributed by atoms with Crippen LogP contribution in [0.4, 0.5) is 8.78 Å². The SMILES string of the molecule is CN(CC(F)F)C(=O)c1ccccc1C#CCO. The summed E-state index contributed by atoms with van der Waals surface area (Å²) in [5.41, 5.74) is 0.666. The minimum Gasteiger partial charge on any atom is -0.384 e. The standard InChI is InChI=1S/C13H13F2NO2/c1-16(9-12(14)15)13(18)11-7-3-2-5-10(11)6-4-8-17/h2-3,5,7,12,17H,8-9H2,1H3. The van der Waals surface area contributed by atoms with Gasteiger partial charge in [0.05, 0.1) is 12.1 Å². The van der Waals surface area contributed by atoms with E-state index in [4.69, 9.17) is 5.11 Å². The second kappa shape index (κ2) is 6.72. The Balaban J connectivity index is 2.98. The van der Waals surface area contributed by atoms with Crippen molar-refractivity contribution < 1.29 is 18.7 Å². The number of benzene rings is 1. The molecule has 3 nitrogen and oxygen atoms in total. The van der Waals surface area contributed by atoms with Crippen LogP contribution in [0.5, 0.6) is 0 Å². The predicted octanol–water partition coefficient (Wildman–Crippen LogP) is 1.37. The first-order chi connectivity index (χ1) is 8.56. The number of halogens is 2. The van der Waals surface area contributed by atoms with Crippen LogP contribution in [0.3, 0.4) is 0 Å². The van der Waals surface area contributed by atoms with E-state index < -0.39 is 18.9 Å². The number of alkyl halides is 2. The molecule has 0 atom stereocenters. The Labute approximate surface area is 104 Å². The third kappa shape index (κ3) is 3.82. The first-order valence-electron chi connectivity index (χ1n) is 5.28. The molecular formula is C13H13F2NO2. The third-order valence-electron chi connectivity index (χ3n) is 2.22. The number of aliphatic hydroxyl groups is 1. The molecule has 1 amide bonds. The van der Waals surface area contributed by atoms with Crippen LogP contribution in [0.25, 0.3) is 0 Å². The molecule has 0 aromatic heterocycles. The molecule has 0 radical (unpaired) electrons. The summed E-state index contributed by atoms with van der Waals surface area (Å²) in [4.78, 5) is 12.9. The van der Waals surface area contributed by atoms with Crippen molar-refractivity contribution >= 4 is 5.91 Å². The highest BCUT2D eigenvalue weighted by molar-refractivity contribution is 5.96. The fourth-order valence-corrected chi connectivity index (χ4v) is 1.41. The second-order valence-electron chi connectivity index (χ2n) is 3.58. The Kier molecular flexibility index (Phi) is 5.28. The van der Waals surface area contributed by atoms with E-state index in [1.165, 1.54) is 13.1 Å². The van der Waals surface area contributed by atoms with Crippen LogP contribution in [0, 0.1) is 11.8 Å². The summed E-state index contributed by atoms with van der Waals surface area (Å²) < 4.78 is 24.4. The van der Waals surface area contributed by atoms with E-state index in [-0.39, 0.29) is 12.2 Å². The fourth-order valence-electron chi connectivity index (χ4n) is 1.41. The van der Waals surface area contributed by atoms with Gasteiger partial charge in [-0.3, -0.25) is 4.79 Å². The molecule has 18 heavy (non-hydrogen) atoms. The quantitative estimate of drug-likeness (QED) is 0.826. The van der Waals surface area contributed by atoms with Crippen LogP contribution in [0.15, 0.2) is 24.3 Å². The van der Waals surface area contributed by atoms with Crippen LogP contribution < -0.4 is 0 Å². The molecule has 0 saturated heterocycles. The van der Waals surface area contributed by atoms with Gasteiger partial charge in [0.25, 0.3) is 12.3 Å². The van der Waals surface area contributed by atoms with Gasteiger partial charge in [-0.05, 0) is 12.1 Å². The Morgan fingerprint density at radius 3 is 2.72 bits per heavy atom. The molecule has 0 saturated carbocycles. The van der Waals surface area contributed by atoms with Crippen molar-refractivity contribution in [1.82, 2.24) is 4.90 Å². The molecular weight excluding hydrogens is 240 g/mol. The zero-order valence-electron chi connectivity index (χ0n) is 9.86. The Morgan fingerprint density at radius 2 is 2.11 bits per heavy atom. The lowest BCUT2D eigenvalue weighted by molar-refractivity contribution is 0.0620. The van der Waals surface area contributed by atoms with Gasteiger partial charge in [0.1, 0.15) is 6.61 Å². The average molecular weight is 253 g/mol. The van der Waals surface area contributed by atoms with Crippen LogP contribution in [-0.2, 0) is 0 Å². The number of carbonyl (C=O) groups is 1. The highest BCUT2D eigenvalue weighted by Gasteiger charge is 2.17. The predicted molar refractivity (Wildman–Crippen MR) is 63.4 cm³/mol.